The average Bonchev–Trinajstić information content (AvgIpc) is 2.96. The van der Waals surface area contributed by atoms with Crippen LogP contribution in [-0.2, 0) is 9.47 Å². The number of carbonyl (C=O) groups is 2. The van der Waals surface area contributed by atoms with Gasteiger partial charge in [-0.1, -0.05) is 6.08 Å². The van der Waals surface area contributed by atoms with Gasteiger partial charge in [0.1, 0.15) is 5.60 Å². The SMILES string of the molecule is C/C=C(/c1scc(C(=O)OC)c1C)[C@H]1CC[C@H](NC(=O)OC(C)(C)C)CC1. The third-order valence-corrected chi connectivity index (χ3v) is 6.04. The van der Waals surface area contributed by atoms with Gasteiger partial charge in [0.2, 0.25) is 0 Å². The summed E-state index contributed by atoms with van der Waals surface area (Å²) in [5.74, 6) is 0.158. The number of esters is 1. The lowest BCUT2D eigenvalue weighted by Gasteiger charge is -2.31. The summed E-state index contributed by atoms with van der Waals surface area (Å²) in [4.78, 5) is 25.0. The van der Waals surface area contributed by atoms with E-state index >= 15 is 0 Å². The van der Waals surface area contributed by atoms with E-state index in [1.54, 1.807) is 11.3 Å². The van der Waals surface area contributed by atoms with Crippen molar-refractivity contribution in [1.29, 1.82) is 0 Å². The van der Waals surface area contributed by atoms with Crippen LogP contribution >= 0.6 is 11.3 Å². The summed E-state index contributed by atoms with van der Waals surface area (Å²) in [6.45, 7) is 9.64. The van der Waals surface area contributed by atoms with Crippen LogP contribution in [0.4, 0.5) is 4.79 Å². The van der Waals surface area contributed by atoms with Gasteiger partial charge < -0.3 is 14.8 Å². The van der Waals surface area contributed by atoms with Gasteiger partial charge in [-0.3, -0.25) is 0 Å². The van der Waals surface area contributed by atoms with Crippen molar-refractivity contribution >= 4 is 29.0 Å². The molecule has 1 amide bonds. The van der Waals surface area contributed by atoms with Crippen LogP contribution in [0.2, 0.25) is 0 Å². The molecule has 27 heavy (non-hydrogen) atoms. The maximum atomic E-state index is 12.0. The van der Waals surface area contributed by atoms with Crippen molar-refractivity contribution in [1.82, 2.24) is 5.32 Å². The Bertz CT molecular complexity index is 706. The number of thiophene rings is 1. The fraction of sp³-hybridized carbons (Fsp3) is 0.619. The van der Waals surface area contributed by atoms with E-state index in [0.717, 1.165) is 31.2 Å². The fourth-order valence-electron chi connectivity index (χ4n) is 3.59. The Morgan fingerprint density at radius 1 is 1.22 bits per heavy atom. The van der Waals surface area contributed by atoms with Gasteiger partial charge >= 0.3 is 12.1 Å². The third-order valence-electron chi connectivity index (χ3n) is 4.91. The lowest BCUT2D eigenvalue weighted by atomic mass is 9.80. The van der Waals surface area contributed by atoms with Gasteiger partial charge in [-0.05, 0) is 77.4 Å². The first-order chi connectivity index (χ1) is 12.7. The summed E-state index contributed by atoms with van der Waals surface area (Å²) in [5.41, 5.74) is 2.46. The molecule has 1 saturated carbocycles. The predicted octanol–water partition coefficient (Wildman–Crippen LogP) is 5.33. The first-order valence-corrected chi connectivity index (χ1v) is 10.4. The van der Waals surface area contributed by atoms with Crippen molar-refractivity contribution < 1.29 is 19.1 Å². The molecule has 0 spiro atoms. The molecule has 5 nitrogen and oxygen atoms in total. The van der Waals surface area contributed by atoms with Crippen molar-refractivity contribution in [3.05, 3.63) is 27.5 Å². The molecule has 0 saturated heterocycles. The molecule has 1 aliphatic rings. The molecule has 0 aliphatic heterocycles. The van der Waals surface area contributed by atoms with Crippen LogP contribution in [0, 0.1) is 12.8 Å². The monoisotopic (exact) mass is 393 g/mol. The van der Waals surface area contributed by atoms with Crippen LogP contribution < -0.4 is 5.32 Å². The minimum Gasteiger partial charge on any atom is -0.465 e. The van der Waals surface area contributed by atoms with E-state index in [9.17, 15) is 9.59 Å². The standard InChI is InChI=1S/C21H31NO4S/c1-7-16(18-13(2)17(12-27-18)19(23)25-6)14-8-10-15(11-9-14)22-20(24)26-21(3,4)5/h7,12,14-15H,8-11H2,1-6H3,(H,22,24)/b16-7+/t14-,15-. The average molecular weight is 394 g/mol. The molecule has 1 aromatic rings. The molecule has 1 aromatic heterocycles. The third kappa shape index (κ3) is 5.58. The number of nitrogens with one attached hydrogen (secondary N) is 1. The number of hydrogen-bond donors (Lipinski definition) is 1. The summed E-state index contributed by atoms with van der Waals surface area (Å²) in [7, 11) is 1.41. The first kappa shape index (κ1) is 21.5. The van der Waals surface area contributed by atoms with Crippen molar-refractivity contribution in [2.24, 2.45) is 5.92 Å². The Labute approximate surface area is 166 Å². The molecule has 0 unspecified atom stereocenters. The highest BCUT2D eigenvalue weighted by Gasteiger charge is 2.28. The Kier molecular flexibility index (Phi) is 7.09. The van der Waals surface area contributed by atoms with Crippen LogP contribution in [0.1, 0.15) is 74.2 Å². The second-order valence-corrected chi connectivity index (χ2v) is 8.91. The van der Waals surface area contributed by atoms with Crippen LogP contribution in [0.25, 0.3) is 5.57 Å². The van der Waals surface area contributed by atoms with Gasteiger partial charge in [0.15, 0.2) is 0 Å². The second kappa shape index (κ2) is 8.91. The highest BCUT2D eigenvalue weighted by atomic mass is 32.1. The number of hydrogen-bond acceptors (Lipinski definition) is 5. The predicted molar refractivity (Wildman–Crippen MR) is 109 cm³/mol. The van der Waals surface area contributed by atoms with Crippen LogP contribution in [0.15, 0.2) is 11.5 Å². The summed E-state index contributed by atoms with van der Waals surface area (Å²) >= 11 is 1.61. The molecule has 2 rings (SSSR count). The molecular weight excluding hydrogens is 362 g/mol. The summed E-state index contributed by atoms with van der Waals surface area (Å²) in [6, 6.07) is 0.157. The van der Waals surface area contributed by atoms with E-state index in [2.05, 4.69) is 18.3 Å². The quantitative estimate of drug-likeness (QED) is 0.702. The summed E-state index contributed by atoms with van der Waals surface area (Å²) in [5, 5.41) is 4.88. The Morgan fingerprint density at radius 3 is 2.37 bits per heavy atom. The first-order valence-electron chi connectivity index (χ1n) is 9.48. The fourth-order valence-corrected chi connectivity index (χ4v) is 4.80. The molecule has 0 radical (unpaired) electrons. The second-order valence-electron chi connectivity index (χ2n) is 8.03. The van der Waals surface area contributed by atoms with E-state index in [0.29, 0.717) is 11.5 Å². The van der Waals surface area contributed by atoms with Crippen LogP contribution in [0.5, 0.6) is 0 Å². The van der Waals surface area contributed by atoms with Gasteiger partial charge in [0.05, 0.1) is 12.7 Å². The lowest BCUT2D eigenvalue weighted by Crippen LogP contribution is -2.41. The highest BCUT2D eigenvalue weighted by Crippen LogP contribution is 2.40. The highest BCUT2D eigenvalue weighted by molar-refractivity contribution is 7.11. The van der Waals surface area contributed by atoms with Gasteiger partial charge in [0, 0.05) is 16.3 Å². The minimum absolute atomic E-state index is 0.157. The molecule has 0 atom stereocenters. The maximum absolute atomic E-state index is 12.0. The molecule has 1 aliphatic carbocycles. The molecule has 6 heteroatoms. The van der Waals surface area contributed by atoms with Crippen LogP contribution in [0.3, 0.4) is 0 Å². The van der Waals surface area contributed by atoms with E-state index in [4.69, 9.17) is 9.47 Å². The Hall–Kier alpha value is -1.82. The molecule has 0 aromatic carbocycles. The number of methoxy groups -OCH3 is 1. The van der Waals surface area contributed by atoms with Gasteiger partial charge in [0.25, 0.3) is 0 Å². The Balaban J connectivity index is 1.99. The van der Waals surface area contributed by atoms with Crippen LogP contribution in [-0.4, -0.2) is 30.8 Å². The van der Waals surface area contributed by atoms with Gasteiger partial charge in [-0.25, -0.2) is 9.59 Å². The maximum Gasteiger partial charge on any atom is 0.407 e. The largest absolute Gasteiger partial charge is 0.465 e. The van der Waals surface area contributed by atoms with Gasteiger partial charge in [-0.15, -0.1) is 11.3 Å². The van der Waals surface area contributed by atoms with E-state index in [-0.39, 0.29) is 18.1 Å². The normalized spacial score (nSPS) is 20.9. The zero-order valence-electron chi connectivity index (χ0n) is 17.2. The van der Waals surface area contributed by atoms with Crippen molar-refractivity contribution in [3.8, 4) is 0 Å². The molecule has 150 valence electrons. The Morgan fingerprint density at radius 2 is 1.85 bits per heavy atom. The topological polar surface area (TPSA) is 64.6 Å². The molecule has 1 fully saturated rings. The molecule has 0 bridgehead atoms. The van der Waals surface area contributed by atoms with Crippen molar-refractivity contribution in [2.75, 3.05) is 7.11 Å². The van der Waals surface area contributed by atoms with E-state index < -0.39 is 5.60 Å². The molecule has 1 N–H and O–H groups in total. The number of allylic oxidation sites excluding steroid dienone is 2. The number of alkyl carbamates (subject to hydrolysis) is 1. The summed E-state index contributed by atoms with van der Waals surface area (Å²) < 4.78 is 10.2. The molecule has 1 heterocycles. The summed E-state index contributed by atoms with van der Waals surface area (Å²) in [6.07, 6.45) is 5.68. The molecular formula is C21H31NO4S. The zero-order valence-corrected chi connectivity index (χ0v) is 18.0. The lowest BCUT2D eigenvalue weighted by molar-refractivity contribution is 0.0489. The number of ether oxygens (including phenoxy) is 2. The van der Waals surface area contributed by atoms with E-state index in [1.807, 2.05) is 33.1 Å². The van der Waals surface area contributed by atoms with Gasteiger partial charge in [-0.2, -0.15) is 0 Å². The van der Waals surface area contributed by atoms with Crippen molar-refractivity contribution in [3.63, 3.8) is 0 Å². The van der Waals surface area contributed by atoms with E-state index in [1.165, 1.54) is 17.6 Å². The number of carbonyl (C=O) groups excluding carboxylic acids is 2. The smallest absolute Gasteiger partial charge is 0.407 e. The number of amides is 1. The number of rotatable bonds is 4. The van der Waals surface area contributed by atoms with Crippen molar-refractivity contribution in [2.45, 2.75) is 71.9 Å². The zero-order chi connectivity index (χ0) is 20.2. The minimum atomic E-state index is -0.479.